The number of aromatic nitrogens is 2. The lowest BCUT2D eigenvalue weighted by Gasteiger charge is -2.15. The number of nitro groups is 1. The molecule has 30 heavy (non-hydrogen) atoms. The molecule has 0 radical (unpaired) electrons. The van der Waals surface area contributed by atoms with Crippen LogP contribution in [0.2, 0.25) is 0 Å². The summed E-state index contributed by atoms with van der Waals surface area (Å²) in [5.74, 6) is -0.535. The van der Waals surface area contributed by atoms with Gasteiger partial charge in [-0.25, -0.2) is 14.4 Å². The average Bonchev–Trinajstić information content (AvgIpc) is 2.67. The van der Waals surface area contributed by atoms with Gasteiger partial charge in [0.15, 0.2) is 5.75 Å². The Morgan fingerprint density at radius 3 is 2.77 bits per heavy atom. The fourth-order valence-corrected chi connectivity index (χ4v) is 3.09. The third kappa shape index (κ3) is 4.98. The zero-order valence-corrected chi connectivity index (χ0v) is 17.6. The van der Waals surface area contributed by atoms with Gasteiger partial charge in [0.1, 0.15) is 24.6 Å². The van der Waals surface area contributed by atoms with Crippen molar-refractivity contribution in [3.8, 4) is 5.75 Å². The summed E-state index contributed by atoms with van der Waals surface area (Å²) in [6.45, 7) is 3.12. The Labute approximate surface area is 178 Å². The van der Waals surface area contributed by atoms with Gasteiger partial charge in [-0.05, 0) is 25.1 Å². The standard InChI is InChI=1S/C19H17BrFN5O4/c1-10(24-11(2)27)8-30-18-7-16-13(6-17(18)26(28)29)19(23-9-22-16)25-15-4-3-12(20)5-14(15)21/h3-7,9-10H,8H2,1-2H3,(H,24,27)(H,22,23,25). The van der Waals surface area contributed by atoms with Crippen LogP contribution in [0.15, 0.2) is 41.1 Å². The molecule has 1 unspecified atom stereocenters. The molecule has 0 spiro atoms. The highest BCUT2D eigenvalue weighted by molar-refractivity contribution is 9.10. The molecule has 0 aliphatic rings. The van der Waals surface area contributed by atoms with Crippen LogP contribution >= 0.6 is 15.9 Å². The molecule has 2 aromatic carbocycles. The van der Waals surface area contributed by atoms with Crippen LogP contribution in [-0.4, -0.2) is 33.4 Å². The lowest BCUT2D eigenvalue weighted by atomic mass is 10.2. The number of fused-ring (bicyclic) bond motifs is 1. The molecule has 1 atom stereocenters. The molecule has 156 valence electrons. The van der Waals surface area contributed by atoms with Crippen LogP contribution in [0.4, 0.5) is 21.6 Å². The van der Waals surface area contributed by atoms with Gasteiger partial charge >= 0.3 is 5.69 Å². The number of hydrogen-bond donors (Lipinski definition) is 2. The van der Waals surface area contributed by atoms with Crippen molar-refractivity contribution in [2.24, 2.45) is 0 Å². The van der Waals surface area contributed by atoms with E-state index in [0.717, 1.165) is 0 Å². The summed E-state index contributed by atoms with van der Waals surface area (Å²) in [4.78, 5) is 30.3. The minimum Gasteiger partial charge on any atom is -0.485 e. The van der Waals surface area contributed by atoms with Crippen LogP contribution in [0.25, 0.3) is 10.9 Å². The summed E-state index contributed by atoms with van der Waals surface area (Å²) in [7, 11) is 0. The number of amides is 1. The molecule has 9 nitrogen and oxygen atoms in total. The fraction of sp³-hybridized carbons (Fsp3) is 0.211. The van der Waals surface area contributed by atoms with Crippen molar-refractivity contribution in [2.75, 3.05) is 11.9 Å². The molecule has 1 heterocycles. The molecule has 1 aromatic heterocycles. The van der Waals surface area contributed by atoms with E-state index >= 15 is 0 Å². The molecule has 0 bridgehead atoms. The minimum atomic E-state index is -0.588. The zero-order valence-electron chi connectivity index (χ0n) is 16.0. The summed E-state index contributed by atoms with van der Waals surface area (Å²) in [6, 6.07) is 6.80. The maximum Gasteiger partial charge on any atom is 0.311 e. The predicted molar refractivity (Wildman–Crippen MR) is 112 cm³/mol. The molecule has 2 N–H and O–H groups in total. The monoisotopic (exact) mass is 477 g/mol. The summed E-state index contributed by atoms with van der Waals surface area (Å²) >= 11 is 3.19. The van der Waals surface area contributed by atoms with Crippen molar-refractivity contribution in [1.82, 2.24) is 15.3 Å². The number of carbonyl (C=O) groups excluding carboxylic acids is 1. The summed E-state index contributed by atoms with van der Waals surface area (Å²) < 4.78 is 20.3. The number of anilines is 2. The number of hydrogen-bond acceptors (Lipinski definition) is 7. The van der Waals surface area contributed by atoms with Crippen LogP contribution < -0.4 is 15.4 Å². The Kier molecular flexibility index (Phi) is 6.40. The molecule has 0 fully saturated rings. The lowest BCUT2D eigenvalue weighted by molar-refractivity contribution is -0.385. The van der Waals surface area contributed by atoms with E-state index in [4.69, 9.17) is 4.74 Å². The molecular formula is C19H17BrFN5O4. The molecule has 3 rings (SSSR count). The lowest BCUT2D eigenvalue weighted by Crippen LogP contribution is -2.35. The number of nitro benzene ring substituents is 1. The predicted octanol–water partition coefficient (Wildman–Crippen LogP) is 4.09. The van der Waals surface area contributed by atoms with Crippen molar-refractivity contribution in [3.05, 3.63) is 57.1 Å². The zero-order chi connectivity index (χ0) is 21.8. The van der Waals surface area contributed by atoms with Gasteiger partial charge in [-0.3, -0.25) is 14.9 Å². The van der Waals surface area contributed by atoms with Gasteiger partial charge < -0.3 is 15.4 Å². The van der Waals surface area contributed by atoms with Gasteiger partial charge in [0.2, 0.25) is 5.91 Å². The Morgan fingerprint density at radius 2 is 2.10 bits per heavy atom. The maximum absolute atomic E-state index is 14.2. The van der Waals surface area contributed by atoms with Crippen LogP contribution in [0.1, 0.15) is 13.8 Å². The SMILES string of the molecule is CC(=O)NC(C)COc1cc2ncnc(Nc3ccc(Br)cc3F)c2cc1[N+](=O)[O-]. The minimum absolute atomic E-state index is 0.00387. The number of rotatable bonds is 7. The highest BCUT2D eigenvalue weighted by Crippen LogP contribution is 2.35. The van der Waals surface area contributed by atoms with Gasteiger partial charge in [0, 0.05) is 23.5 Å². The van der Waals surface area contributed by atoms with Gasteiger partial charge in [-0.1, -0.05) is 15.9 Å². The third-order valence-electron chi connectivity index (χ3n) is 4.04. The van der Waals surface area contributed by atoms with Crippen molar-refractivity contribution in [1.29, 1.82) is 0 Å². The Bertz CT molecular complexity index is 1130. The molecule has 0 aliphatic heterocycles. The highest BCUT2D eigenvalue weighted by atomic mass is 79.9. The van der Waals surface area contributed by atoms with Crippen LogP contribution in [-0.2, 0) is 4.79 Å². The second-order valence-corrected chi connectivity index (χ2v) is 7.39. The van der Waals surface area contributed by atoms with E-state index in [1.807, 2.05) is 0 Å². The first-order valence-corrected chi connectivity index (χ1v) is 9.59. The number of benzene rings is 2. The first-order chi connectivity index (χ1) is 14.2. The Hall–Kier alpha value is -3.34. The van der Waals surface area contributed by atoms with E-state index in [1.165, 1.54) is 37.5 Å². The molecule has 0 saturated heterocycles. The molecule has 1 amide bonds. The number of nitrogens with one attached hydrogen (secondary N) is 2. The van der Waals surface area contributed by atoms with Gasteiger partial charge in [-0.15, -0.1) is 0 Å². The quantitative estimate of drug-likeness (QED) is 0.388. The first kappa shape index (κ1) is 21.4. The Morgan fingerprint density at radius 1 is 1.33 bits per heavy atom. The van der Waals surface area contributed by atoms with Gasteiger partial charge in [0.25, 0.3) is 0 Å². The van der Waals surface area contributed by atoms with Crippen molar-refractivity contribution >= 4 is 49.9 Å². The van der Waals surface area contributed by atoms with Crippen LogP contribution in [0.5, 0.6) is 5.75 Å². The second kappa shape index (κ2) is 8.99. The fourth-order valence-electron chi connectivity index (χ4n) is 2.75. The smallest absolute Gasteiger partial charge is 0.311 e. The second-order valence-electron chi connectivity index (χ2n) is 6.48. The third-order valence-corrected chi connectivity index (χ3v) is 4.53. The maximum atomic E-state index is 14.2. The number of ether oxygens (including phenoxy) is 1. The number of nitrogens with zero attached hydrogens (tertiary/aromatic N) is 3. The van der Waals surface area contributed by atoms with Crippen molar-refractivity contribution < 1.29 is 18.8 Å². The van der Waals surface area contributed by atoms with E-state index in [-0.39, 0.29) is 41.5 Å². The molecule has 11 heteroatoms. The summed E-state index contributed by atoms with van der Waals surface area (Å²) in [5, 5.41) is 17.4. The molecule has 3 aromatic rings. The Balaban J connectivity index is 1.97. The van der Waals surface area contributed by atoms with Gasteiger partial charge in [0.05, 0.1) is 27.6 Å². The summed E-state index contributed by atoms with van der Waals surface area (Å²) in [5.41, 5.74) is 0.231. The molecular weight excluding hydrogens is 461 g/mol. The van der Waals surface area contributed by atoms with Crippen molar-refractivity contribution in [2.45, 2.75) is 19.9 Å². The first-order valence-electron chi connectivity index (χ1n) is 8.79. The van der Waals surface area contributed by atoms with Crippen LogP contribution in [0.3, 0.4) is 0 Å². The van der Waals surface area contributed by atoms with E-state index in [0.29, 0.717) is 15.4 Å². The van der Waals surface area contributed by atoms with E-state index in [2.05, 4.69) is 36.5 Å². The normalized spacial score (nSPS) is 11.7. The highest BCUT2D eigenvalue weighted by Gasteiger charge is 2.20. The average molecular weight is 478 g/mol. The topological polar surface area (TPSA) is 119 Å². The summed E-state index contributed by atoms with van der Waals surface area (Å²) in [6.07, 6.45) is 1.26. The van der Waals surface area contributed by atoms with E-state index in [9.17, 15) is 19.3 Å². The molecule has 0 saturated carbocycles. The largest absolute Gasteiger partial charge is 0.485 e. The van der Waals surface area contributed by atoms with Gasteiger partial charge in [-0.2, -0.15) is 0 Å². The van der Waals surface area contributed by atoms with E-state index in [1.54, 1.807) is 13.0 Å². The van der Waals surface area contributed by atoms with E-state index < -0.39 is 10.7 Å². The van der Waals surface area contributed by atoms with Crippen LogP contribution in [0, 0.1) is 15.9 Å². The number of carbonyl (C=O) groups is 1. The number of halogens is 2. The molecule has 0 aliphatic carbocycles. The van der Waals surface area contributed by atoms with Crippen molar-refractivity contribution in [3.63, 3.8) is 0 Å².